The maximum Gasteiger partial charge on any atom is 0.201 e. The van der Waals surface area contributed by atoms with Gasteiger partial charge in [0.2, 0.25) is 5.09 Å². The number of halogens is 1. The summed E-state index contributed by atoms with van der Waals surface area (Å²) in [5.41, 5.74) is 1.37. The minimum absolute atomic E-state index is 0.185. The molecular formula is C12H13FN2O2S. The van der Waals surface area contributed by atoms with E-state index in [0.29, 0.717) is 16.7 Å². The summed E-state index contributed by atoms with van der Waals surface area (Å²) in [6, 6.07) is 3.23. The van der Waals surface area contributed by atoms with Crippen molar-refractivity contribution >= 4 is 17.6 Å². The number of nitrogens with one attached hydrogen (secondary N) is 1. The van der Waals surface area contributed by atoms with Crippen LogP contribution >= 0.6 is 11.9 Å². The zero-order valence-electron chi connectivity index (χ0n) is 10.3. The Morgan fingerprint density at radius 1 is 1.39 bits per heavy atom. The van der Waals surface area contributed by atoms with E-state index in [1.54, 1.807) is 19.2 Å². The first-order valence-electron chi connectivity index (χ1n) is 5.29. The van der Waals surface area contributed by atoms with Crippen molar-refractivity contribution in [1.82, 2.24) is 4.98 Å². The van der Waals surface area contributed by atoms with Crippen molar-refractivity contribution in [3.63, 3.8) is 0 Å². The molecule has 0 aliphatic rings. The summed E-state index contributed by atoms with van der Waals surface area (Å²) in [5.74, 6) is 0.375. The Hall–Kier alpha value is -1.69. The van der Waals surface area contributed by atoms with Gasteiger partial charge in [-0.15, -0.1) is 0 Å². The largest absolute Gasteiger partial charge is 0.492 e. The number of rotatable bonds is 4. The Bertz CT molecular complexity index is 557. The third-order valence-corrected chi connectivity index (χ3v) is 2.97. The molecule has 0 saturated heterocycles. The van der Waals surface area contributed by atoms with Crippen molar-refractivity contribution < 1.29 is 13.5 Å². The maximum atomic E-state index is 13.6. The molecule has 96 valence electrons. The van der Waals surface area contributed by atoms with Crippen LogP contribution in [0, 0.1) is 19.7 Å². The van der Waals surface area contributed by atoms with E-state index in [1.807, 2.05) is 6.92 Å². The molecule has 2 aromatic rings. The van der Waals surface area contributed by atoms with Gasteiger partial charge in [-0.3, -0.25) is 0 Å². The monoisotopic (exact) mass is 268 g/mol. The Kier molecular flexibility index (Phi) is 3.76. The van der Waals surface area contributed by atoms with E-state index >= 15 is 0 Å². The van der Waals surface area contributed by atoms with Gasteiger partial charge in [-0.25, -0.2) is 9.37 Å². The lowest BCUT2D eigenvalue weighted by Crippen LogP contribution is -1.96. The number of aryl methyl sites for hydroxylation is 2. The van der Waals surface area contributed by atoms with Crippen molar-refractivity contribution in [2.24, 2.45) is 0 Å². The summed E-state index contributed by atoms with van der Waals surface area (Å²) in [4.78, 5) is 3.97. The highest BCUT2D eigenvalue weighted by atomic mass is 32.2. The highest BCUT2D eigenvalue weighted by molar-refractivity contribution is 8.00. The van der Waals surface area contributed by atoms with Gasteiger partial charge in [0.15, 0.2) is 17.5 Å². The average Bonchev–Trinajstić information content (AvgIpc) is 2.72. The molecule has 0 fully saturated rings. The normalized spacial score (nSPS) is 10.4. The molecule has 0 saturated carbocycles. The summed E-state index contributed by atoms with van der Waals surface area (Å²) in [6.07, 6.45) is 1.60. The van der Waals surface area contributed by atoms with Crippen LogP contribution < -0.4 is 9.46 Å². The second kappa shape index (κ2) is 5.30. The molecule has 0 amide bonds. The average molecular weight is 268 g/mol. The van der Waals surface area contributed by atoms with Gasteiger partial charge in [0.25, 0.3) is 0 Å². The fraction of sp³-hybridized carbons (Fsp3) is 0.250. The van der Waals surface area contributed by atoms with Crippen LogP contribution in [-0.4, -0.2) is 12.1 Å². The molecule has 1 N–H and O–H groups in total. The molecule has 0 aliphatic heterocycles. The molecule has 1 heterocycles. The number of methoxy groups -OCH3 is 1. The smallest absolute Gasteiger partial charge is 0.201 e. The predicted octanol–water partition coefficient (Wildman–Crippen LogP) is 3.56. The molecule has 0 bridgehead atoms. The summed E-state index contributed by atoms with van der Waals surface area (Å²) < 4.78 is 26.9. The fourth-order valence-electron chi connectivity index (χ4n) is 1.51. The summed E-state index contributed by atoms with van der Waals surface area (Å²) >= 11 is 1.22. The van der Waals surface area contributed by atoms with Gasteiger partial charge < -0.3 is 13.9 Å². The van der Waals surface area contributed by atoms with Crippen LogP contribution in [0.3, 0.4) is 0 Å². The molecular weight excluding hydrogens is 255 g/mol. The maximum absolute atomic E-state index is 13.6. The van der Waals surface area contributed by atoms with E-state index in [9.17, 15) is 4.39 Å². The lowest BCUT2D eigenvalue weighted by atomic mass is 10.2. The van der Waals surface area contributed by atoms with Crippen LogP contribution in [0.4, 0.5) is 10.1 Å². The van der Waals surface area contributed by atoms with E-state index in [-0.39, 0.29) is 5.75 Å². The third kappa shape index (κ3) is 2.76. The highest BCUT2D eigenvalue weighted by Crippen LogP contribution is 2.32. The van der Waals surface area contributed by atoms with Crippen LogP contribution in [0.25, 0.3) is 0 Å². The summed E-state index contributed by atoms with van der Waals surface area (Å²) in [7, 11) is 1.43. The quantitative estimate of drug-likeness (QED) is 0.859. The van der Waals surface area contributed by atoms with E-state index in [1.165, 1.54) is 25.1 Å². The molecule has 0 spiro atoms. The van der Waals surface area contributed by atoms with E-state index in [4.69, 9.17) is 9.15 Å². The molecule has 2 rings (SSSR count). The lowest BCUT2D eigenvalue weighted by molar-refractivity contribution is 0.388. The van der Waals surface area contributed by atoms with Gasteiger partial charge in [-0.05, 0) is 24.6 Å². The van der Waals surface area contributed by atoms with Gasteiger partial charge in [0, 0.05) is 18.9 Å². The Balaban J connectivity index is 2.18. The van der Waals surface area contributed by atoms with Crippen molar-refractivity contribution in [2.75, 3.05) is 11.8 Å². The highest BCUT2D eigenvalue weighted by Gasteiger charge is 2.11. The van der Waals surface area contributed by atoms with Crippen LogP contribution in [0.2, 0.25) is 0 Å². The number of aromatic nitrogens is 1. The molecule has 18 heavy (non-hydrogen) atoms. The topological polar surface area (TPSA) is 47.3 Å². The fourth-order valence-corrected chi connectivity index (χ4v) is 2.14. The van der Waals surface area contributed by atoms with E-state index < -0.39 is 5.82 Å². The molecule has 6 heteroatoms. The van der Waals surface area contributed by atoms with Crippen molar-refractivity contribution in [2.45, 2.75) is 18.9 Å². The number of ether oxygens (including phenoxy) is 1. The summed E-state index contributed by atoms with van der Waals surface area (Å²) in [5, 5.41) is 0.608. The number of benzene rings is 1. The Morgan fingerprint density at radius 2 is 2.17 bits per heavy atom. The molecule has 0 atom stereocenters. The number of hydrogen-bond acceptors (Lipinski definition) is 5. The molecule has 4 nitrogen and oxygen atoms in total. The van der Waals surface area contributed by atoms with Crippen LogP contribution in [0.5, 0.6) is 5.75 Å². The first kappa shape index (κ1) is 12.8. The first-order valence-corrected chi connectivity index (χ1v) is 6.11. The number of anilines is 1. The lowest BCUT2D eigenvalue weighted by Gasteiger charge is -2.11. The Morgan fingerprint density at radius 3 is 2.78 bits per heavy atom. The zero-order valence-corrected chi connectivity index (χ0v) is 11.1. The van der Waals surface area contributed by atoms with Crippen molar-refractivity contribution in [3.05, 3.63) is 35.6 Å². The first-order chi connectivity index (χ1) is 8.60. The number of oxazole rings is 1. The summed E-state index contributed by atoms with van der Waals surface area (Å²) in [6.45, 7) is 3.58. The predicted molar refractivity (Wildman–Crippen MR) is 68.4 cm³/mol. The zero-order chi connectivity index (χ0) is 13.1. The van der Waals surface area contributed by atoms with E-state index in [0.717, 1.165) is 5.56 Å². The van der Waals surface area contributed by atoms with E-state index in [2.05, 4.69) is 9.71 Å². The molecule has 0 aliphatic carbocycles. The van der Waals surface area contributed by atoms with Crippen LogP contribution in [0.15, 0.2) is 27.8 Å². The number of hydrogen-bond donors (Lipinski definition) is 1. The molecule has 0 radical (unpaired) electrons. The Labute approximate surface area is 109 Å². The van der Waals surface area contributed by atoms with Gasteiger partial charge in [-0.1, -0.05) is 0 Å². The minimum Gasteiger partial charge on any atom is -0.492 e. The second-order valence-corrected chi connectivity index (χ2v) is 4.54. The van der Waals surface area contributed by atoms with Crippen LogP contribution in [-0.2, 0) is 0 Å². The van der Waals surface area contributed by atoms with Gasteiger partial charge in [0.1, 0.15) is 0 Å². The van der Waals surface area contributed by atoms with Crippen LogP contribution in [0.1, 0.15) is 11.5 Å². The van der Waals surface area contributed by atoms with Crippen molar-refractivity contribution in [3.8, 4) is 5.75 Å². The van der Waals surface area contributed by atoms with Gasteiger partial charge in [-0.2, -0.15) is 0 Å². The second-order valence-electron chi connectivity index (χ2n) is 3.73. The molecule has 1 aromatic carbocycles. The third-order valence-electron chi connectivity index (χ3n) is 2.25. The van der Waals surface area contributed by atoms with Gasteiger partial charge in [0.05, 0.1) is 19.0 Å². The SMILES string of the molecule is COc1c(F)cc(C)cc1NSc1cnc(C)o1. The van der Waals surface area contributed by atoms with Gasteiger partial charge >= 0.3 is 0 Å². The van der Waals surface area contributed by atoms with Crippen molar-refractivity contribution in [1.29, 1.82) is 0 Å². The molecule has 0 unspecified atom stereocenters. The number of nitrogens with zero attached hydrogens (tertiary/aromatic N) is 1. The molecule has 1 aromatic heterocycles. The minimum atomic E-state index is -0.394. The standard InChI is InChI=1S/C12H13FN2O2S/c1-7-4-9(13)12(16-3)10(5-7)15-18-11-6-14-8(2)17-11/h4-6,15H,1-3H3.